The van der Waals surface area contributed by atoms with Gasteiger partial charge in [0.25, 0.3) is 5.91 Å². The van der Waals surface area contributed by atoms with Gasteiger partial charge in [-0.05, 0) is 18.6 Å². The van der Waals surface area contributed by atoms with Crippen LogP contribution in [0.1, 0.15) is 23.7 Å². The lowest BCUT2D eigenvalue weighted by Crippen LogP contribution is -2.27. The van der Waals surface area contributed by atoms with Crippen molar-refractivity contribution in [3.8, 4) is 0 Å². The average Bonchev–Trinajstić information content (AvgIpc) is 2.33. The fourth-order valence-corrected chi connectivity index (χ4v) is 1.47. The Morgan fingerprint density at radius 2 is 2.00 bits per heavy atom. The minimum Gasteiger partial charge on any atom is -0.481 e. The van der Waals surface area contributed by atoms with Gasteiger partial charge in [-0.25, -0.2) is 8.78 Å². The highest BCUT2D eigenvalue weighted by Crippen LogP contribution is 2.19. The van der Waals surface area contributed by atoms with Crippen molar-refractivity contribution in [1.29, 1.82) is 0 Å². The molecule has 1 rings (SSSR count). The highest BCUT2D eigenvalue weighted by Gasteiger charge is 2.16. The third-order valence-corrected chi connectivity index (χ3v) is 2.83. The first kappa shape index (κ1) is 15.4. The molecule has 0 aliphatic carbocycles. The zero-order valence-electron chi connectivity index (χ0n) is 10.0. The van der Waals surface area contributed by atoms with Crippen LogP contribution in [0.15, 0.2) is 12.1 Å². The number of carboxylic acid groups (broad SMARTS) is 1. The van der Waals surface area contributed by atoms with Gasteiger partial charge >= 0.3 is 5.97 Å². The second-order valence-electron chi connectivity index (χ2n) is 4.03. The Bertz CT molecular complexity index is 508. The summed E-state index contributed by atoms with van der Waals surface area (Å²) in [6.45, 7) is 1.53. The molecule has 0 heterocycles. The maximum atomic E-state index is 13.4. The number of carbonyl (C=O) groups excluding carboxylic acids is 1. The molecule has 0 fully saturated rings. The Morgan fingerprint density at radius 3 is 2.58 bits per heavy atom. The second-order valence-corrected chi connectivity index (χ2v) is 4.44. The van der Waals surface area contributed by atoms with Gasteiger partial charge in [-0.1, -0.05) is 18.5 Å². The second kappa shape index (κ2) is 6.47. The van der Waals surface area contributed by atoms with E-state index in [2.05, 4.69) is 5.32 Å². The van der Waals surface area contributed by atoms with Gasteiger partial charge in [0, 0.05) is 6.54 Å². The first-order valence-corrected chi connectivity index (χ1v) is 5.86. The van der Waals surface area contributed by atoms with Crippen LogP contribution in [0.4, 0.5) is 8.78 Å². The van der Waals surface area contributed by atoms with Crippen LogP contribution in [0.5, 0.6) is 0 Å². The van der Waals surface area contributed by atoms with Crippen molar-refractivity contribution < 1.29 is 23.5 Å². The fraction of sp³-hybridized carbons (Fsp3) is 0.333. The minimum absolute atomic E-state index is 0.0516. The van der Waals surface area contributed by atoms with Gasteiger partial charge in [0.1, 0.15) is 11.6 Å². The van der Waals surface area contributed by atoms with Crippen LogP contribution in [-0.4, -0.2) is 23.5 Å². The molecule has 1 aromatic carbocycles. The van der Waals surface area contributed by atoms with E-state index < -0.39 is 40.0 Å². The molecule has 19 heavy (non-hydrogen) atoms. The van der Waals surface area contributed by atoms with E-state index in [9.17, 15) is 18.4 Å². The number of nitrogens with one attached hydrogen (secondary N) is 1. The van der Waals surface area contributed by atoms with Gasteiger partial charge in [-0.3, -0.25) is 9.59 Å². The molecular weight excluding hydrogens is 280 g/mol. The molecule has 0 aliphatic rings. The van der Waals surface area contributed by atoms with E-state index in [1.807, 2.05) is 0 Å². The van der Waals surface area contributed by atoms with Crippen LogP contribution in [0, 0.1) is 17.6 Å². The van der Waals surface area contributed by atoms with Crippen molar-refractivity contribution >= 4 is 23.5 Å². The Labute approximate surface area is 113 Å². The average molecular weight is 292 g/mol. The minimum atomic E-state index is -0.988. The van der Waals surface area contributed by atoms with Gasteiger partial charge in [0.15, 0.2) is 0 Å². The largest absolute Gasteiger partial charge is 0.481 e. The SMILES string of the molecule is CC(CCNC(=O)c1cc(F)c(Cl)cc1F)C(=O)O. The van der Waals surface area contributed by atoms with Crippen LogP contribution in [0.2, 0.25) is 5.02 Å². The quantitative estimate of drug-likeness (QED) is 0.819. The standard InChI is InChI=1S/C12H12ClF2NO3/c1-6(12(18)19)2-3-16-11(17)7-4-10(15)8(13)5-9(7)14/h4-6H,2-3H2,1H3,(H,16,17)(H,18,19). The number of hydrogen-bond donors (Lipinski definition) is 2. The molecule has 1 atom stereocenters. The number of carbonyl (C=O) groups is 2. The fourth-order valence-electron chi connectivity index (χ4n) is 1.32. The van der Waals surface area contributed by atoms with E-state index in [4.69, 9.17) is 16.7 Å². The molecule has 0 saturated heterocycles. The summed E-state index contributed by atoms with van der Waals surface area (Å²) in [5.74, 6) is -4.27. The molecule has 104 valence electrons. The Balaban J connectivity index is 2.64. The number of halogens is 3. The predicted molar refractivity (Wildman–Crippen MR) is 65.1 cm³/mol. The summed E-state index contributed by atoms with van der Waals surface area (Å²) < 4.78 is 26.5. The zero-order chi connectivity index (χ0) is 14.6. The van der Waals surface area contributed by atoms with E-state index >= 15 is 0 Å². The van der Waals surface area contributed by atoms with Crippen LogP contribution in [-0.2, 0) is 4.79 Å². The number of rotatable bonds is 5. The molecule has 1 aromatic rings. The lowest BCUT2D eigenvalue weighted by Gasteiger charge is -2.09. The number of carboxylic acids is 1. The van der Waals surface area contributed by atoms with Gasteiger partial charge in [-0.15, -0.1) is 0 Å². The molecule has 2 N–H and O–H groups in total. The molecule has 0 aromatic heterocycles. The maximum Gasteiger partial charge on any atom is 0.306 e. The molecule has 0 radical (unpaired) electrons. The molecular formula is C12H12ClF2NO3. The molecule has 0 spiro atoms. The summed E-state index contributed by atoms with van der Waals surface area (Å²) in [6, 6.07) is 1.42. The highest BCUT2D eigenvalue weighted by atomic mass is 35.5. The third-order valence-electron chi connectivity index (χ3n) is 2.54. The molecule has 0 aliphatic heterocycles. The van der Waals surface area contributed by atoms with Gasteiger partial charge in [0.05, 0.1) is 16.5 Å². The smallest absolute Gasteiger partial charge is 0.306 e. The van der Waals surface area contributed by atoms with Crippen LogP contribution in [0.3, 0.4) is 0 Å². The van der Waals surface area contributed by atoms with Crippen molar-refractivity contribution in [1.82, 2.24) is 5.32 Å². The molecule has 7 heteroatoms. The highest BCUT2D eigenvalue weighted by molar-refractivity contribution is 6.30. The van der Waals surface area contributed by atoms with E-state index in [-0.39, 0.29) is 13.0 Å². The maximum absolute atomic E-state index is 13.4. The predicted octanol–water partition coefficient (Wildman–Crippen LogP) is 2.46. The third kappa shape index (κ3) is 4.17. The summed E-state index contributed by atoms with van der Waals surface area (Å²) in [6.07, 6.45) is 0.193. The van der Waals surface area contributed by atoms with Crippen molar-refractivity contribution in [2.45, 2.75) is 13.3 Å². The van der Waals surface area contributed by atoms with E-state index in [1.165, 1.54) is 6.92 Å². The lowest BCUT2D eigenvalue weighted by atomic mass is 10.1. The number of benzene rings is 1. The summed E-state index contributed by atoms with van der Waals surface area (Å²) in [7, 11) is 0. The monoisotopic (exact) mass is 291 g/mol. The van der Waals surface area contributed by atoms with Crippen LogP contribution < -0.4 is 5.32 Å². The summed E-state index contributed by atoms with van der Waals surface area (Å²) in [5, 5.41) is 10.5. The Hall–Kier alpha value is -1.69. The number of aliphatic carboxylic acids is 1. The summed E-state index contributed by atoms with van der Waals surface area (Å²) in [4.78, 5) is 22.1. The number of amides is 1. The summed E-state index contributed by atoms with van der Waals surface area (Å²) >= 11 is 5.36. The molecule has 4 nitrogen and oxygen atoms in total. The van der Waals surface area contributed by atoms with E-state index in [1.54, 1.807) is 0 Å². The zero-order valence-corrected chi connectivity index (χ0v) is 10.8. The van der Waals surface area contributed by atoms with Gasteiger partial charge in [0.2, 0.25) is 0 Å². The normalized spacial score (nSPS) is 12.0. The van der Waals surface area contributed by atoms with Gasteiger partial charge in [-0.2, -0.15) is 0 Å². The van der Waals surface area contributed by atoms with Crippen LogP contribution >= 0.6 is 11.6 Å². The van der Waals surface area contributed by atoms with Gasteiger partial charge < -0.3 is 10.4 Å². The summed E-state index contributed by atoms with van der Waals surface area (Å²) in [5.41, 5.74) is -0.468. The molecule has 0 bridgehead atoms. The van der Waals surface area contributed by atoms with Crippen molar-refractivity contribution in [3.63, 3.8) is 0 Å². The Kier molecular flexibility index (Phi) is 5.23. The first-order valence-electron chi connectivity index (χ1n) is 5.48. The van der Waals surface area contributed by atoms with Crippen LogP contribution in [0.25, 0.3) is 0 Å². The first-order chi connectivity index (χ1) is 8.82. The number of hydrogen-bond acceptors (Lipinski definition) is 2. The topological polar surface area (TPSA) is 66.4 Å². The molecule has 1 unspecified atom stereocenters. The lowest BCUT2D eigenvalue weighted by molar-refractivity contribution is -0.141. The Morgan fingerprint density at radius 1 is 1.37 bits per heavy atom. The van der Waals surface area contributed by atoms with E-state index in [0.29, 0.717) is 12.1 Å². The van der Waals surface area contributed by atoms with Crippen molar-refractivity contribution in [2.24, 2.45) is 5.92 Å². The molecule has 1 amide bonds. The van der Waals surface area contributed by atoms with E-state index in [0.717, 1.165) is 0 Å². The van der Waals surface area contributed by atoms with Crippen molar-refractivity contribution in [2.75, 3.05) is 6.54 Å². The van der Waals surface area contributed by atoms with Crippen molar-refractivity contribution in [3.05, 3.63) is 34.4 Å². The molecule has 0 saturated carbocycles.